The summed E-state index contributed by atoms with van der Waals surface area (Å²) < 4.78 is 1.80. The van der Waals surface area contributed by atoms with Crippen LogP contribution in [0.3, 0.4) is 0 Å². The molecule has 0 aliphatic carbocycles. The molecule has 0 radical (unpaired) electrons. The lowest BCUT2D eigenvalue weighted by Gasteiger charge is -2.02. The number of carbonyl (C=O) groups excluding carboxylic acids is 1. The van der Waals surface area contributed by atoms with Crippen molar-refractivity contribution in [2.24, 2.45) is 0 Å². The third-order valence-corrected chi connectivity index (χ3v) is 3.37. The van der Waals surface area contributed by atoms with Gasteiger partial charge in [0.2, 0.25) is 0 Å². The second-order valence-electron chi connectivity index (χ2n) is 3.86. The van der Waals surface area contributed by atoms with Crippen molar-refractivity contribution in [3.8, 4) is 6.07 Å². The lowest BCUT2D eigenvalue weighted by molar-refractivity contribution is 0.102. The zero-order chi connectivity index (χ0) is 13.2. The van der Waals surface area contributed by atoms with E-state index in [9.17, 15) is 4.79 Å². The maximum absolute atomic E-state index is 12.0. The van der Waals surface area contributed by atoms with Gasteiger partial charge in [0.15, 0.2) is 4.96 Å². The Balaban J connectivity index is 1.80. The van der Waals surface area contributed by atoms with Crippen LogP contribution in [-0.2, 0) is 0 Å². The average molecular weight is 268 g/mol. The number of rotatable bonds is 2. The maximum Gasteiger partial charge on any atom is 0.275 e. The van der Waals surface area contributed by atoms with Crippen LogP contribution in [0.15, 0.2) is 42.0 Å². The van der Waals surface area contributed by atoms with Crippen LogP contribution in [0.5, 0.6) is 0 Å². The van der Waals surface area contributed by atoms with E-state index in [1.54, 1.807) is 34.9 Å². The largest absolute Gasteiger partial charge is 0.321 e. The fraction of sp³-hybridized carbons (Fsp3) is 0. The third kappa shape index (κ3) is 2.19. The standard InChI is InChI=1S/C13H8N4OS/c14-7-9-1-3-10(4-2-9)15-12(18)11-8-17-5-6-19-13(17)16-11/h1-6,8H,(H,15,18). The molecule has 1 aromatic carbocycles. The summed E-state index contributed by atoms with van der Waals surface area (Å²) in [6.45, 7) is 0. The first kappa shape index (κ1) is 11.4. The number of hydrogen-bond donors (Lipinski definition) is 1. The summed E-state index contributed by atoms with van der Waals surface area (Å²) >= 11 is 1.47. The van der Waals surface area contributed by atoms with Crippen molar-refractivity contribution in [1.29, 1.82) is 5.26 Å². The van der Waals surface area contributed by atoms with Gasteiger partial charge in [-0.2, -0.15) is 5.26 Å². The summed E-state index contributed by atoms with van der Waals surface area (Å²) in [4.78, 5) is 17.0. The summed E-state index contributed by atoms with van der Waals surface area (Å²) in [7, 11) is 0. The van der Waals surface area contributed by atoms with Crippen LogP contribution in [0, 0.1) is 11.3 Å². The molecule has 0 saturated heterocycles. The summed E-state index contributed by atoms with van der Waals surface area (Å²) in [5.74, 6) is -0.263. The SMILES string of the molecule is N#Cc1ccc(NC(=O)c2cn3ccsc3n2)cc1. The third-order valence-electron chi connectivity index (χ3n) is 2.60. The molecule has 3 aromatic rings. The number of nitriles is 1. The number of nitrogens with one attached hydrogen (secondary N) is 1. The fourth-order valence-corrected chi connectivity index (χ4v) is 2.36. The van der Waals surface area contributed by atoms with Crippen LogP contribution in [0.1, 0.15) is 16.1 Å². The Morgan fingerprint density at radius 2 is 2.16 bits per heavy atom. The number of thiazole rings is 1. The van der Waals surface area contributed by atoms with Crippen LogP contribution in [-0.4, -0.2) is 15.3 Å². The van der Waals surface area contributed by atoms with E-state index in [0.717, 1.165) is 4.96 Å². The molecule has 92 valence electrons. The highest BCUT2D eigenvalue weighted by atomic mass is 32.1. The van der Waals surface area contributed by atoms with Gasteiger partial charge >= 0.3 is 0 Å². The Labute approximate surface area is 112 Å². The Hall–Kier alpha value is -2.65. The van der Waals surface area contributed by atoms with Gasteiger partial charge in [-0.05, 0) is 24.3 Å². The van der Waals surface area contributed by atoms with E-state index in [2.05, 4.69) is 10.3 Å². The molecule has 19 heavy (non-hydrogen) atoms. The van der Waals surface area contributed by atoms with Gasteiger partial charge in [0.1, 0.15) is 5.69 Å². The minimum Gasteiger partial charge on any atom is -0.321 e. The first-order chi connectivity index (χ1) is 9.26. The number of hydrogen-bond acceptors (Lipinski definition) is 4. The number of carbonyl (C=O) groups is 1. The first-order valence-corrected chi connectivity index (χ1v) is 6.38. The molecule has 0 unspecified atom stereocenters. The highest BCUT2D eigenvalue weighted by molar-refractivity contribution is 7.15. The molecule has 6 heteroatoms. The van der Waals surface area contributed by atoms with Crippen LogP contribution in [0.25, 0.3) is 4.96 Å². The Kier molecular flexibility index (Phi) is 2.74. The summed E-state index contributed by atoms with van der Waals surface area (Å²) in [6.07, 6.45) is 3.54. The number of nitrogens with zero attached hydrogens (tertiary/aromatic N) is 3. The quantitative estimate of drug-likeness (QED) is 0.776. The monoisotopic (exact) mass is 268 g/mol. The number of amides is 1. The molecule has 5 nitrogen and oxygen atoms in total. The molecule has 2 heterocycles. The number of anilines is 1. The summed E-state index contributed by atoms with van der Waals surface area (Å²) in [6, 6.07) is 8.71. The Bertz CT molecular complexity index is 750. The first-order valence-electron chi connectivity index (χ1n) is 5.50. The minimum atomic E-state index is -0.263. The van der Waals surface area contributed by atoms with Gasteiger partial charge in [-0.15, -0.1) is 11.3 Å². The maximum atomic E-state index is 12.0. The van der Waals surface area contributed by atoms with Crippen molar-refractivity contribution >= 4 is 27.9 Å². The molecule has 1 amide bonds. The van der Waals surface area contributed by atoms with Crippen LogP contribution in [0.2, 0.25) is 0 Å². The number of fused-ring (bicyclic) bond motifs is 1. The lowest BCUT2D eigenvalue weighted by atomic mass is 10.2. The molecule has 3 rings (SSSR count). The van der Waals surface area contributed by atoms with Crippen molar-refractivity contribution in [3.05, 3.63) is 53.3 Å². The van der Waals surface area contributed by atoms with Crippen molar-refractivity contribution in [3.63, 3.8) is 0 Å². The van der Waals surface area contributed by atoms with Crippen LogP contribution >= 0.6 is 11.3 Å². The number of imidazole rings is 1. The lowest BCUT2D eigenvalue weighted by Crippen LogP contribution is -2.12. The van der Waals surface area contributed by atoms with Gasteiger partial charge in [0.05, 0.1) is 11.6 Å². The molecule has 0 bridgehead atoms. The van der Waals surface area contributed by atoms with Crippen molar-refractivity contribution in [2.75, 3.05) is 5.32 Å². The van der Waals surface area contributed by atoms with E-state index in [1.807, 2.05) is 17.6 Å². The van der Waals surface area contributed by atoms with Gasteiger partial charge in [-0.3, -0.25) is 9.20 Å². The predicted octanol–water partition coefficient (Wildman–Crippen LogP) is 2.52. The minimum absolute atomic E-state index is 0.263. The van der Waals surface area contributed by atoms with Crippen molar-refractivity contribution < 1.29 is 4.79 Å². The van der Waals surface area contributed by atoms with Gasteiger partial charge in [-0.1, -0.05) is 0 Å². The molecular weight excluding hydrogens is 260 g/mol. The predicted molar refractivity (Wildman–Crippen MR) is 72.2 cm³/mol. The molecule has 0 aliphatic rings. The topological polar surface area (TPSA) is 70.2 Å². The molecular formula is C13H8N4OS. The average Bonchev–Trinajstić information content (AvgIpc) is 3.00. The Morgan fingerprint density at radius 3 is 2.84 bits per heavy atom. The highest BCUT2D eigenvalue weighted by Crippen LogP contribution is 2.14. The molecule has 0 spiro atoms. The van der Waals surface area contributed by atoms with E-state index in [-0.39, 0.29) is 5.91 Å². The van der Waals surface area contributed by atoms with E-state index in [1.165, 1.54) is 11.3 Å². The highest BCUT2D eigenvalue weighted by Gasteiger charge is 2.11. The van der Waals surface area contributed by atoms with Gasteiger partial charge in [0, 0.05) is 23.5 Å². The number of benzene rings is 1. The van der Waals surface area contributed by atoms with E-state index in [4.69, 9.17) is 5.26 Å². The summed E-state index contributed by atoms with van der Waals surface area (Å²) in [5.41, 5.74) is 1.57. The molecule has 1 N–H and O–H groups in total. The normalized spacial score (nSPS) is 10.3. The second-order valence-corrected chi connectivity index (χ2v) is 4.74. The van der Waals surface area contributed by atoms with Crippen molar-refractivity contribution in [1.82, 2.24) is 9.38 Å². The van der Waals surface area contributed by atoms with Gasteiger partial charge in [-0.25, -0.2) is 4.98 Å². The second kappa shape index (κ2) is 4.55. The molecule has 2 aromatic heterocycles. The van der Waals surface area contributed by atoms with Gasteiger partial charge in [0.25, 0.3) is 5.91 Å². The molecule has 0 fully saturated rings. The van der Waals surface area contributed by atoms with E-state index in [0.29, 0.717) is 16.9 Å². The fourth-order valence-electron chi connectivity index (χ4n) is 1.66. The smallest absolute Gasteiger partial charge is 0.275 e. The van der Waals surface area contributed by atoms with E-state index < -0.39 is 0 Å². The van der Waals surface area contributed by atoms with Crippen LogP contribution in [0.4, 0.5) is 5.69 Å². The van der Waals surface area contributed by atoms with Gasteiger partial charge < -0.3 is 5.32 Å². The zero-order valence-electron chi connectivity index (χ0n) is 9.70. The molecule has 0 aliphatic heterocycles. The Morgan fingerprint density at radius 1 is 1.37 bits per heavy atom. The zero-order valence-corrected chi connectivity index (χ0v) is 10.5. The van der Waals surface area contributed by atoms with E-state index >= 15 is 0 Å². The van der Waals surface area contributed by atoms with Crippen LogP contribution < -0.4 is 5.32 Å². The molecule has 0 atom stereocenters. The van der Waals surface area contributed by atoms with Crippen molar-refractivity contribution in [2.45, 2.75) is 0 Å². The summed E-state index contributed by atoms with van der Waals surface area (Å²) in [5, 5.41) is 13.3. The number of aromatic nitrogens is 2. The molecule has 0 saturated carbocycles.